The summed E-state index contributed by atoms with van der Waals surface area (Å²) in [6.07, 6.45) is 1.88. The van der Waals surface area contributed by atoms with Gasteiger partial charge in [-0.15, -0.1) is 0 Å². The van der Waals surface area contributed by atoms with E-state index < -0.39 is 6.10 Å². The van der Waals surface area contributed by atoms with Crippen molar-refractivity contribution in [3.05, 3.63) is 29.8 Å². The smallest absolute Gasteiger partial charge is 0.346 e. The predicted molar refractivity (Wildman–Crippen MR) is 60.5 cm³/mol. The van der Waals surface area contributed by atoms with Gasteiger partial charge in [0, 0.05) is 0 Å². The van der Waals surface area contributed by atoms with E-state index in [-0.39, 0.29) is 5.97 Å². The van der Waals surface area contributed by atoms with Gasteiger partial charge in [-0.25, -0.2) is 4.79 Å². The van der Waals surface area contributed by atoms with Crippen LogP contribution in [0.25, 0.3) is 0 Å². The fourth-order valence-electron chi connectivity index (χ4n) is 1.72. The van der Waals surface area contributed by atoms with Crippen molar-refractivity contribution in [3.63, 3.8) is 0 Å². The average Bonchev–Trinajstić information content (AvgIpc) is 3.12. The van der Waals surface area contributed by atoms with E-state index in [1.165, 1.54) is 25.5 Å². The Morgan fingerprint density at radius 3 is 2.69 bits per heavy atom. The number of carbonyl (C=O) groups is 1. The molecule has 0 spiro atoms. The Balaban J connectivity index is 2.11. The van der Waals surface area contributed by atoms with Crippen LogP contribution in [0.3, 0.4) is 0 Å². The lowest BCUT2D eigenvalue weighted by Crippen LogP contribution is -2.25. The van der Waals surface area contributed by atoms with E-state index in [0.29, 0.717) is 5.92 Å². The first-order chi connectivity index (χ1) is 7.72. The highest BCUT2D eigenvalue weighted by Crippen LogP contribution is 2.44. The maximum atomic E-state index is 11.3. The lowest BCUT2D eigenvalue weighted by Gasteiger charge is -2.15. The van der Waals surface area contributed by atoms with Gasteiger partial charge >= 0.3 is 5.97 Å². The molecule has 3 nitrogen and oxygen atoms in total. The maximum absolute atomic E-state index is 11.3. The minimum absolute atomic E-state index is 0.342. The van der Waals surface area contributed by atoms with Gasteiger partial charge in [-0.2, -0.15) is 0 Å². The summed E-state index contributed by atoms with van der Waals surface area (Å²) >= 11 is 0. The molecule has 1 fully saturated rings. The fraction of sp³-hybridized carbons (Fsp3) is 0.462. The van der Waals surface area contributed by atoms with Crippen LogP contribution in [0.2, 0.25) is 0 Å². The van der Waals surface area contributed by atoms with E-state index in [9.17, 15) is 4.79 Å². The van der Waals surface area contributed by atoms with Crippen LogP contribution in [-0.4, -0.2) is 19.2 Å². The van der Waals surface area contributed by atoms with Crippen molar-refractivity contribution in [1.29, 1.82) is 0 Å². The Labute approximate surface area is 95.4 Å². The number of methoxy groups -OCH3 is 1. The van der Waals surface area contributed by atoms with Crippen LogP contribution >= 0.6 is 0 Å². The molecule has 1 unspecified atom stereocenters. The van der Waals surface area contributed by atoms with Crippen molar-refractivity contribution in [1.82, 2.24) is 0 Å². The van der Waals surface area contributed by atoms with Gasteiger partial charge in [-0.1, -0.05) is 18.2 Å². The van der Waals surface area contributed by atoms with E-state index in [2.05, 4.69) is 10.8 Å². The monoisotopic (exact) mass is 220 g/mol. The predicted octanol–water partition coefficient (Wildman–Crippen LogP) is 2.50. The van der Waals surface area contributed by atoms with Gasteiger partial charge in [0.1, 0.15) is 5.75 Å². The molecule has 2 rings (SSSR count). The lowest BCUT2D eigenvalue weighted by atomic mass is 10.1. The van der Waals surface area contributed by atoms with Crippen LogP contribution in [0.15, 0.2) is 24.3 Å². The van der Waals surface area contributed by atoms with Gasteiger partial charge in [0.05, 0.1) is 7.11 Å². The first kappa shape index (κ1) is 11.0. The van der Waals surface area contributed by atoms with Crippen LogP contribution < -0.4 is 4.74 Å². The highest BCUT2D eigenvalue weighted by molar-refractivity contribution is 5.74. The zero-order valence-electron chi connectivity index (χ0n) is 9.60. The Hall–Kier alpha value is -1.51. The average molecular weight is 220 g/mol. The maximum Gasteiger partial charge on any atom is 0.346 e. The summed E-state index contributed by atoms with van der Waals surface area (Å²) in [4.78, 5) is 11.3. The van der Waals surface area contributed by atoms with Crippen molar-refractivity contribution in [2.75, 3.05) is 7.11 Å². The molecule has 0 heterocycles. The molecule has 0 amide bonds. The summed E-state index contributed by atoms with van der Waals surface area (Å²) < 4.78 is 10.3. The number of carbonyl (C=O) groups excluding carboxylic acids is 1. The number of ether oxygens (including phenoxy) is 2. The zero-order chi connectivity index (χ0) is 11.5. The molecule has 1 atom stereocenters. The van der Waals surface area contributed by atoms with Crippen LogP contribution in [-0.2, 0) is 9.53 Å². The van der Waals surface area contributed by atoms with Gasteiger partial charge in [0.25, 0.3) is 0 Å². The van der Waals surface area contributed by atoms with Gasteiger partial charge in [0.2, 0.25) is 0 Å². The standard InChI is InChI=1S/C13H16O3/c1-9(13(14)15-2)16-12-6-4-3-5-11(12)10-7-8-10/h3-6,9-10H,7-8H2,1-2H3. The number of rotatable bonds is 4. The molecular formula is C13H16O3. The summed E-state index contributed by atoms with van der Waals surface area (Å²) in [5, 5.41) is 0. The van der Waals surface area contributed by atoms with Crippen molar-refractivity contribution >= 4 is 5.97 Å². The first-order valence-electron chi connectivity index (χ1n) is 5.55. The van der Waals surface area contributed by atoms with Crippen LogP contribution in [0.1, 0.15) is 31.2 Å². The summed E-state index contributed by atoms with van der Waals surface area (Å²) in [6, 6.07) is 7.90. The molecule has 1 saturated carbocycles. The number of hydrogen-bond acceptors (Lipinski definition) is 3. The van der Waals surface area contributed by atoms with Crippen molar-refractivity contribution in [2.45, 2.75) is 31.8 Å². The van der Waals surface area contributed by atoms with Crippen LogP contribution in [0.4, 0.5) is 0 Å². The second-order valence-corrected chi connectivity index (χ2v) is 4.10. The number of hydrogen-bond donors (Lipinski definition) is 0. The summed E-state index contributed by atoms with van der Waals surface area (Å²) in [7, 11) is 1.37. The highest BCUT2D eigenvalue weighted by atomic mass is 16.6. The molecule has 0 bridgehead atoms. The van der Waals surface area contributed by atoms with Crippen molar-refractivity contribution < 1.29 is 14.3 Å². The highest BCUT2D eigenvalue weighted by Gasteiger charge is 2.27. The molecule has 0 saturated heterocycles. The molecule has 1 aromatic rings. The minimum atomic E-state index is -0.551. The molecule has 0 aliphatic heterocycles. The molecule has 1 aliphatic carbocycles. The van der Waals surface area contributed by atoms with E-state index in [1.54, 1.807) is 6.92 Å². The van der Waals surface area contributed by atoms with Gasteiger partial charge in [-0.05, 0) is 37.3 Å². The van der Waals surface area contributed by atoms with Gasteiger partial charge in [0.15, 0.2) is 6.10 Å². The summed E-state index contributed by atoms with van der Waals surface area (Å²) in [5.74, 6) is 1.08. The molecule has 0 radical (unpaired) electrons. The van der Waals surface area contributed by atoms with E-state index in [0.717, 1.165) is 5.75 Å². The molecular weight excluding hydrogens is 204 g/mol. The Bertz CT molecular complexity index is 383. The molecule has 16 heavy (non-hydrogen) atoms. The lowest BCUT2D eigenvalue weighted by molar-refractivity contribution is -0.147. The number of esters is 1. The van der Waals surface area contributed by atoms with E-state index in [1.807, 2.05) is 18.2 Å². The van der Waals surface area contributed by atoms with E-state index >= 15 is 0 Å². The second-order valence-electron chi connectivity index (χ2n) is 4.10. The Kier molecular flexibility index (Phi) is 3.13. The molecule has 0 N–H and O–H groups in total. The quantitative estimate of drug-likeness (QED) is 0.731. The van der Waals surface area contributed by atoms with Crippen LogP contribution in [0.5, 0.6) is 5.75 Å². The topological polar surface area (TPSA) is 35.5 Å². The van der Waals surface area contributed by atoms with Crippen molar-refractivity contribution in [3.8, 4) is 5.75 Å². The molecule has 1 aliphatic rings. The Morgan fingerprint density at radius 1 is 1.38 bits per heavy atom. The molecule has 3 heteroatoms. The summed E-state index contributed by atoms with van der Waals surface area (Å²) in [5.41, 5.74) is 1.21. The normalized spacial score (nSPS) is 16.6. The number of benzene rings is 1. The molecule has 1 aromatic carbocycles. The summed E-state index contributed by atoms with van der Waals surface area (Å²) in [6.45, 7) is 1.70. The van der Waals surface area contributed by atoms with Crippen LogP contribution in [0, 0.1) is 0 Å². The third kappa shape index (κ3) is 2.35. The van der Waals surface area contributed by atoms with E-state index in [4.69, 9.17) is 4.74 Å². The minimum Gasteiger partial charge on any atom is -0.479 e. The second kappa shape index (κ2) is 4.56. The molecule has 0 aromatic heterocycles. The largest absolute Gasteiger partial charge is 0.479 e. The SMILES string of the molecule is COC(=O)C(C)Oc1ccccc1C1CC1. The Morgan fingerprint density at radius 2 is 2.06 bits per heavy atom. The molecule has 86 valence electrons. The van der Waals surface area contributed by atoms with Gasteiger partial charge < -0.3 is 9.47 Å². The fourth-order valence-corrected chi connectivity index (χ4v) is 1.72. The third-order valence-electron chi connectivity index (χ3n) is 2.77. The van der Waals surface area contributed by atoms with Gasteiger partial charge in [-0.3, -0.25) is 0 Å². The zero-order valence-corrected chi connectivity index (χ0v) is 9.60. The number of para-hydroxylation sites is 1. The first-order valence-corrected chi connectivity index (χ1v) is 5.55. The van der Waals surface area contributed by atoms with Crippen molar-refractivity contribution in [2.24, 2.45) is 0 Å². The third-order valence-corrected chi connectivity index (χ3v) is 2.77.